The Morgan fingerprint density at radius 3 is 2.79 bits per heavy atom. The van der Waals surface area contributed by atoms with Crippen molar-refractivity contribution < 1.29 is 9.84 Å². The summed E-state index contributed by atoms with van der Waals surface area (Å²) in [7, 11) is 0. The predicted octanol–water partition coefficient (Wildman–Crippen LogP) is 1.80. The highest BCUT2D eigenvalue weighted by Gasteiger charge is 2.21. The molecule has 5 nitrogen and oxygen atoms in total. The van der Waals surface area contributed by atoms with Gasteiger partial charge >= 0.3 is 0 Å². The highest BCUT2D eigenvalue weighted by molar-refractivity contribution is 5.55. The first-order valence-electron chi connectivity index (χ1n) is 6.74. The molecule has 0 saturated carbocycles. The van der Waals surface area contributed by atoms with E-state index < -0.39 is 0 Å². The van der Waals surface area contributed by atoms with Crippen LogP contribution in [0.25, 0.3) is 0 Å². The van der Waals surface area contributed by atoms with Crippen LogP contribution in [0, 0.1) is 0 Å². The van der Waals surface area contributed by atoms with Crippen molar-refractivity contribution in [2.75, 3.05) is 23.7 Å². The lowest BCUT2D eigenvalue weighted by atomic mass is 10.1. The van der Waals surface area contributed by atoms with E-state index in [1.54, 1.807) is 0 Å². The summed E-state index contributed by atoms with van der Waals surface area (Å²) in [6.07, 6.45) is 1.56. The normalized spacial score (nSPS) is 20.4. The summed E-state index contributed by atoms with van der Waals surface area (Å²) in [6.45, 7) is 7.41. The van der Waals surface area contributed by atoms with Crippen LogP contribution >= 0.6 is 0 Å². The molecule has 0 aliphatic carbocycles. The molecule has 1 aliphatic heterocycles. The van der Waals surface area contributed by atoms with Gasteiger partial charge in [0.25, 0.3) is 0 Å². The molecule has 5 heteroatoms. The van der Waals surface area contributed by atoms with Gasteiger partial charge in [-0.3, -0.25) is 0 Å². The van der Waals surface area contributed by atoms with Gasteiger partial charge in [-0.1, -0.05) is 0 Å². The lowest BCUT2D eigenvalue weighted by Crippen LogP contribution is -2.38. The molecule has 2 heterocycles. The second kappa shape index (κ2) is 5.25. The number of hydrogen-bond acceptors (Lipinski definition) is 5. The quantitative estimate of drug-likeness (QED) is 0.853. The Morgan fingerprint density at radius 2 is 2.16 bits per heavy atom. The molecule has 1 fully saturated rings. The van der Waals surface area contributed by atoms with Gasteiger partial charge in [-0.25, -0.2) is 0 Å². The number of anilines is 2. The molecular formula is C14H23N3O2. The van der Waals surface area contributed by atoms with E-state index in [2.05, 4.69) is 9.88 Å². The Bertz CT molecular complexity index is 443. The lowest BCUT2D eigenvalue weighted by Gasteiger charge is -2.31. The van der Waals surface area contributed by atoms with Crippen molar-refractivity contribution in [1.29, 1.82) is 0 Å². The number of ether oxygens (including phenoxy) is 1. The number of nitrogen functional groups attached to an aromatic ring is 1. The fourth-order valence-corrected chi connectivity index (χ4v) is 2.15. The number of rotatable bonds is 2. The van der Waals surface area contributed by atoms with E-state index in [9.17, 15) is 5.11 Å². The lowest BCUT2D eigenvalue weighted by molar-refractivity contribution is 0.125. The number of piperidine rings is 1. The third-order valence-corrected chi connectivity index (χ3v) is 3.00. The average Bonchev–Trinajstić information content (AvgIpc) is 2.30. The molecule has 3 N–H and O–H groups in total. The summed E-state index contributed by atoms with van der Waals surface area (Å²) in [5.41, 5.74) is 6.10. The molecule has 1 unspecified atom stereocenters. The van der Waals surface area contributed by atoms with Gasteiger partial charge in [0.15, 0.2) is 0 Å². The summed E-state index contributed by atoms with van der Waals surface area (Å²) in [5, 5.41) is 9.73. The predicted molar refractivity (Wildman–Crippen MR) is 76.5 cm³/mol. The molecule has 0 radical (unpaired) electrons. The number of pyridine rings is 1. The van der Waals surface area contributed by atoms with E-state index in [0.29, 0.717) is 18.1 Å². The van der Waals surface area contributed by atoms with Crippen LogP contribution in [-0.2, 0) is 0 Å². The Morgan fingerprint density at radius 1 is 1.42 bits per heavy atom. The van der Waals surface area contributed by atoms with Gasteiger partial charge in [-0.2, -0.15) is 4.98 Å². The highest BCUT2D eigenvalue weighted by Crippen LogP contribution is 2.27. The Kier molecular flexibility index (Phi) is 3.85. The first kappa shape index (κ1) is 13.9. The number of aliphatic hydroxyl groups excluding tert-OH is 1. The van der Waals surface area contributed by atoms with Crippen LogP contribution in [-0.4, -0.2) is 34.9 Å². The maximum Gasteiger partial charge on any atom is 0.239 e. The topological polar surface area (TPSA) is 71.6 Å². The van der Waals surface area contributed by atoms with Gasteiger partial charge in [-0.05, 0) is 45.7 Å². The summed E-state index contributed by atoms with van der Waals surface area (Å²) in [4.78, 5) is 6.56. The standard InChI is InChI=1S/C14H23N3O2/c1-14(2,3)19-13-11(15)6-7-12(16-13)17-8-4-5-10(18)9-17/h6-7,10,18H,4-5,8-9,15H2,1-3H3. The van der Waals surface area contributed by atoms with E-state index >= 15 is 0 Å². The molecule has 1 atom stereocenters. The van der Waals surface area contributed by atoms with E-state index in [4.69, 9.17) is 10.5 Å². The minimum absolute atomic E-state index is 0.278. The van der Waals surface area contributed by atoms with Crippen LogP contribution in [0.15, 0.2) is 12.1 Å². The number of nitrogens with zero attached hydrogens (tertiary/aromatic N) is 2. The monoisotopic (exact) mass is 265 g/mol. The number of hydrogen-bond donors (Lipinski definition) is 2. The number of aliphatic hydroxyl groups is 1. The molecule has 19 heavy (non-hydrogen) atoms. The Balaban J connectivity index is 2.20. The maximum atomic E-state index is 9.73. The molecule has 1 aliphatic rings. The van der Waals surface area contributed by atoms with E-state index in [0.717, 1.165) is 25.2 Å². The molecule has 1 saturated heterocycles. The van der Waals surface area contributed by atoms with Crippen molar-refractivity contribution in [1.82, 2.24) is 4.98 Å². The van der Waals surface area contributed by atoms with Crippen LogP contribution in [0.1, 0.15) is 33.6 Å². The van der Waals surface area contributed by atoms with E-state index in [-0.39, 0.29) is 11.7 Å². The smallest absolute Gasteiger partial charge is 0.239 e. The largest absolute Gasteiger partial charge is 0.470 e. The van der Waals surface area contributed by atoms with Crippen LogP contribution in [0.3, 0.4) is 0 Å². The Hall–Kier alpha value is -1.49. The second-order valence-electron chi connectivity index (χ2n) is 6.02. The second-order valence-corrected chi connectivity index (χ2v) is 6.02. The summed E-state index contributed by atoms with van der Waals surface area (Å²) < 4.78 is 5.77. The zero-order valence-electron chi connectivity index (χ0n) is 11.9. The van der Waals surface area contributed by atoms with Gasteiger partial charge in [0.05, 0.1) is 11.8 Å². The summed E-state index contributed by atoms with van der Waals surface area (Å²) in [6, 6.07) is 3.69. The molecule has 0 spiro atoms. The van der Waals surface area contributed by atoms with Gasteiger partial charge in [0, 0.05) is 13.1 Å². The fourth-order valence-electron chi connectivity index (χ4n) is 2.15. The molecule has 0 amide bonds. The van der Waals surface area contributed by atoms with Crippen molar-refractivity contribution in [2.45, 2.75) is 45.3 Å². The number of nitrogens with two attached hydrogens (primary N) is 1. The van der Waals surface area contributed by atoms with Crippen LogP contribution in [0.5, 0.6) is 5.88 Å². The van der Waals surface area contributed by atoms with Crippen LogP contribution in [0.2, 0.25) is 0 Å². The van der Waals surface area contributed by atoms with Crippen LogP contribution < -0.4 is 15.4 Å². The Labute approximate surface area is 114 Å². The van der Waals surface area contributed by atoms with E-state index in [1.165, 1.54) is 0 Å². The number of aromatic nitrogens is 1. The van der Waals surface area contributed by atoms with Crippen molar-refractivity contribution in [3.05, 3.63) is 12.1 Å². The minimum Gasteiger partial charge on any atom is -0.470 e. The van der Waals surface area contributed by atoms with Crippen molar-refractivity contribution in [2.24, 2.45) is 0 Å². The molecule has 2 rings (SSSR count). The third kappa shape index (κ3) is 3.73. The first-order valence-corrected chi connectivity index (χ1v) is 6.74. The maximum absolute atomic E-state index is 9.73. The molecule has 0 aromatic carbocycles. The highest BCUT2D eigenvalue weighted by atomic mass is 16.5. The van der Waals surface area contributed by atoms with Gasteiger partial charge in [0.1, 0.15) is 11.4 Å². The minimum atomic E-state index is -0.332. The van der Waals surface area contributed by atoms with Gasteiger partial charge in [-0.15, -0.1) is 0 Å². The van der Waals surface area contributed by atoms with Crippen LogP contribution in [0.4, 0.5) is 11.5 Å². The fraction of sp³-hybridized carbons (Fsp3) is 0.643. The first-order chi connectivity index (χ1) is 8.85. The number of β-amino-alcohol motifs (C(OH)–C–C–N with tert-alkyl or cyclic N) is 1. The van der Waals surface area contributed by atoms with Crippen molar-refractivity contribution >= 4 is 11.5 Å². The molecular weight excluding hydrogens is 242 g/mol. The summed E-state index contributed by atoms with van der Waals surface area (Å²) in [5.74, 6) is 1.28. The van der Waals surface area contributed by atoms with E-state index in [1.807, 2.05) is 32.9 Å². The molecule has 0 bridgehead atoms. The zero-order chi connectivity index (χ0) is 14.0. The van der Waals surface area contributed by atoms with Gasteiger partial charge in [0.2, 0.25) is 5.88 Å². The molecule has 1 aromatic rings. The zero-order valence-corrected chi connectivity index (χ0v) is 11.9. The van der Waals surface area contributed by atoms with Crippen molar-refractivity contribution in [3.8, 4) is 5.88 Å². The SMILES string of the molecule is CC(C)(C)Oc1nc(N2CCCC(O)C2)ccc1N. The third-order valence-electron chi connectivity index (χ3n) is 3.00. The van der Waals surface area contributed by atoms with Gasteiger partial charge < -0.3 is 20.5 Å². The average molecular weight is 265 g/mol. The molecule has 1 aromatic heterocycles. The molecule has 106 valence electrons. The summed E-state index contributed by atoms with van der Waals surface area (Å²) >= 11 is 0. The van der Waals surface area contributed by atoms with Crippen molar-refractivity contribution in [3.63, 3.8) is 0 Å².